The van der Waals surface area contributed by atoms with Crippen molar-refractivity contribution in [1.29, 1.82) is 0 Å². The van der Waals surface area contributed by atoms with Crippen LogP contribution in [-0.2, 0) is 48.0 Å². The lowest BCUT2D eigenvalue weighted by Gasteiger charge is -2.12. The topological polar surface area (TPSA) is 151 Å². The monoisotopic (exact) mass is 556 g/mol. The lowest BCUT2D eigenvalue weighted by molar-refractivity contribution is 0.0678. The second-order valence-corrected chi connectivity index (χ2v) is 10.9. The predicted octanol–water partition coefficient (Wildman–Crippen LogP) is 6.03. The highest BCUT2D eigenvalue weighted by Gasteiger charge is 2.24. The van der Waals surface area contributed by atoms with E-state index in [1.807, 2.05) is 18.2 Å². The highest BCUT2D eigenvalue weighted by Crippen LogP contribution is 2.50. The molecule has 2 aromatic carbocycles. The fraction of sp³-hybridized carbons (Fsp3) is 0.455. The fourth-order valence-electron chi connectivity index (χ4n) is 2.59. The SMILES string of the molecule is COP(=O)(/N=N/c1ccccc1)OCCOCCOP(=O)(/N=N/c1ccc(COCC2CO2)cc1)OC. The number of ether oxygens (including phenoxy) is 3. The number of hydrogen-bond acceptors (Lipinski definition) is 11. The quantitative estimate of drug-likeness (QED) is 0.0927. The van der Waals surface area contributed by atoms with Gasteiger partial charge in [0.15, 0.2) is 0 Å². The number of benzene rings is 2. The van der Waals surface area contributed by atoms with E-state index in [0.29, 0.717) is 24.6 Å². The first kappa shape index (κ1) is 29.4. The van der Waals surface area contributed by atoms with Gasteiger partial charge in [0.2, 0.25) is 0 Å². The molecule has 0 radical (unpaired) electrons. The van der Waals surface area contributed by atoms with E-state index in [4.69, 9.17) is 32.3 Å². The molecule has 0 bridgehead atoms. The maximum atomic E-state index is 12.6. The van der Waals surface area contributed by atoms with Crippen molar-refractivity contribution in [3.05, 3.63) is 60.2 Å². The molecule has 0 N–H and O–H groups in total. The maximum Gasteiger partial charge on any atom is 0.471 e. The van der Waals surface area contributed by atoms with Crippen molar-refractivity contribution in [2.24, 2.45) is 20.0 Å². The molecule has 2 aromatic rings. The van der Waals surface area contributed by atoms with E-state index < -0.39 is 15.5 Å². The third-order valence-corrected chi connectivity index (χ3v) is 7.19. The molecule has 1 fully saturated rings. The van der Waals surface area contributed by atoms with E-state index in [2.05, 4.69) is 20.0 Å². The number of hydrogen-bond donors (Lipinski definition) is 0. The Kier molecular flexibility index (Phi) is 12.1. The molecular formula is C22H30N4O9P2. The van der Waals surface area contributed by atoms with Crippen LogP contribution in [0.1, 0.15) is 5.56 Å². The average molecular weight is 556 g/mol. The van der Waals surface area contributed by atoms with Crippen molar-refractivity contribution in [3.8, 4) is 0 Å². The van der Waals surface area contributed by atoms with Gasteiger partial charge in [0.25, 0.3) is 0 Å². The van der Waals surface area contributed by atoms with Crippen LogP contribution in [0.4, 0.5) is 11.4 Å². The van der Waals surface area contributed by atoms with Crippen molar-refractivity contribution in [3.63, 3.8) is 0 Å². The van der Waals surface area contributed by atoms with Crippen molar-refractivity contribution in [2.75, 3.05) is 53.9 Å². The zero-order chi connectivity index (χ0) is 26.4. The van der Waals surface area contributed by atoms with Gasteiger partial charge in [-0.05, 0) is 29.8 Å². The Balaban J connectivity index is 1.33. The standard InChI is InChI=1S/C22H30N4O9P2/c1-29-36(27,25-23-20-6-4-3-5-7-20)34-14-12-31-13-15-35-37(28,30-2)26-24-21-10-8-19(9-11-21)16-32-17-22-18-33-22/h3-11,22H,12-18H2,1-2H3/b25-23+,26-24+. The van der Waals surface area contributed by atoms with Gasteiger partial charge in [-0.15, -0.1) is 10.2 Å². The van der Waals surface area contributed by atoms with E-state index in [0.717, 1.165) is 12.2 Å². The first-order chi connectivity index (χ1) is 17.9. The van der Waals surface area contributed by atoms with Crippen LogP contribution in [0.25, 0.3) is 0 Å². The van der Waals surface area contributed by atoms with Gasteiger partial charge in [0, 0.05) is 14.2 Å². The summed E-state index contributed by atoms with van der Waals surface area (Å²) < 4.78 is 61.1. The largest absolute Gasteiger partial charge is 0.471 e. The fourth-order valence-corrected chi connectivity index (χ4v) is 4.09. The average Bonchev–Trinajstić information content (AvgIpc) is 3.76. The maximum absolute atomic E-state index is 12.6. The second-order valence-electron chi connectivity index (χ2n) is 7.43. The molecule has 1 aliphatic heterocycles. The second kappa shape index (κ2) is 15.3. The van der Waals surface area contributed by atoms with Gasteiger partial charge < -0.3 is 14.2 Å². The zero-order valence-electron chi connectivity index (χ0n) is 20.6. The van der Waals surface area contributed by atoms with E-state index >= 15 is 0 Å². The summed E-state index contributed by atoms with van der Waals surface area (Å²) >= 11 is 0. The normalized spacial score (nSPS) is 18.7. The number of epoxide rings is 1. The Morgan fingerprint density at radius 3 is 1.84 bits per heavy atom. The molecule has 1 heterocycles. The summed E-state index contributed by atoms with van der Waals surface area (Å²) in [4.78, 5) is 7.38. The molecule has 15 heteroatoms. The minimum atomic E-state index is -3.81. The van der Waals surface area contributed by atoms with Crippen LogP contribution in [0.3, 0.4) is 0 Å². The van der Waals surface area contributed by atoms with Crippen LogP contribution in [0.5, 0.6) is 0 Å². The molecule has 13 nitrogen and oxygen atoms in total. The van der Waals surface area contributed by atoms with Gasteiger partial charge >= 0.3 is 15.5 Å². The lowest BCUT2D eigenvalue weighted by atomic mass is 10.2. The molecule has 3 rings (SSSR count). The molecule has 0 aromatic heterocycles. The third kappa shape index (κ3) is 11.4. The summed E-state index contributed by atoms with van der Waals surface area (Å²) in [6.45, 7) is 1.73. The molecule has 0 aliphatic carbocycles. The van der Waals surface area contributed by atoms with Gasteiger partial charge in [-0.2, -0.15) is 0 Å². The molecule has 37 heavy (non-hydrogen) atoms. The van der Waals surface area contributed by atoms with Crippen LogP contribution in [0.15, 0.2) is 74.6 Å². The minimum Gasteiger partial charge on any atom is -0.377 e. The van der Waals surface area contributed by atoms with Crippen molar-refractivity contribution in [1.82, 2.24) is 0 Å². The Bertz CT molecular complexity index is 1100. The highest BCUT2D eigenvalue weighted by atomic mass is 31.2. The lowest BCUT2D eigenvalue weighted by Crippen LogP contribution is -2.08. The zero-order valence-corrected chi connectivity index (χ0v) is 22.4. The third-order valence-electron chi connectivity index (χ3n) is 4.63. The van der Waals surface area contributed by atoms with E-state index in [1.54, 1.807) is 36.4 Å². The van der Waals surface area contributed by atoms with Crippen LogP contribution in [-0.4, -0.2) is 60.0 Å². The molecule has 0 spiro atoms. The van der Waals surface area contributed by atoms with Crippen molar-refractivity contribution >= 4 is 26.9 Å². The summed E-state index contributed by atoms with van der Waals surface area (Å²) in [5.41, 5.74) is 1.96. The summed E-state index contributed by atoms with van der Waals surface area (Å²) in [6.07, 6.45) is 0.215. The van der Waals surface area contributed by atoms with Crippen molar-refractivity contribution in [2.45, 2.75) is 12.7 Å². The van der Waals surface area contributed by atoms with Crippen molar-refractivity contribution < 1.29 is 41.4 Å². The van der Waals surface area contributed by atoms with Gasteiger partial charge in [0.1, 0.15) is 6.10 Å². The molecular weight excluding hydrogens is 526 g/mol. The van der Waals surface area contributed by atoms with Gasteiger partial charge in [0.05, 0.1) is 57.6 Å². The minimum absolute atomic E-state index is 0.0512. The molecule has 0 amide bonds. The Morgan fingerprint density at radius 2 is 1.32 bits per heavy atom. The van der Waals surface area contributed by atoms with E-state index in [1.165, 1.54) is 14.2 Å². The Labute approximate surface area is 215 Å². The van der Waals surface area contributed by atoms with Crippen LogP contribution < -0.4 is 0 Å². The molecule has 0 saturated carbocycles. The van der Waals surface area contributed by atoms with Crippen LogP contribution in [0, 0.1) is 0 Å². The summed E-state index contributed by atoms with van der Waals surface area (Å²) in [7, 11) is -5.14. The summed E-state index contributed by atoms with van der Waals surface area (Å²) in [5.74, 6) is 0. The first-order valence-corrected chi connectivity index (χ1v) is 14.3. The molecule has 1 saturated heterocycles. The van der Waals surface area contributed by atoms with Crippen LogP contribution in [0.2, 0.25) is 0 Å². The summed E-state index contributed by atoms with van der Waals surface area (Å²) in [6, 6.07) is 15.9. The smallest absolute Gasteiger partial charge is 0.377 e. The van der Waals surface area contributed by atoms with Gasteiger partial charge in [-0.25, -0.2) is 9.13 Å². The van der Waals surface area contributed by atoms with Gasteiger partial charge in [-0.1, -0.05) is 40.1 Å². The first-order valence-electron chi connectivity index (χ1n) is 11.3. The van der Waals surface area contributed by atoms with Crippen LogP contribution >= 0.6 is 15.5 Å². The molecule has 3 atom stereocenters. The predicted molar refractivity (Wildman–Crippen MR) is 133 cm³/mol. The highest BCUT2D eigenvalue weighted by molar-refractivity contribution is 7.52. The Morgan fingerprint density at radius 1 is 0.784 bits per heavy atom. The molecule has 1 aliphatic rings. The summed E-state index contributed by atoms with van der Waals surface area (Å²) in [5, 5.41) is 7.79. The van der Waals surface area contributed by atoms with E-state index in [-0.39, 0.29) is 32.5 Å². The Hall–Kier alpha value is -2.18. The van der Waals surface area contributed by atoms with E-state index in [9.17, 15) is 9.13 Å². The molecule has 3 unspecified atom stereocenters. The molecule has 202 valence electrons. The number of nitrogens with zero attached hydrogens (tertiary/aromatic N) is 4. The van der Waals surface area contributed by atoms with Gasteiger partial charge in [-0.3, -0.25) is 18.1 Å². The number of rotatable bonds is 18.